The number of aryl methyl sites for hydroxylation is 1. The molecule has 3 rings (SSSR count). The van der Waals surface area contributed by atoms with Gasteiger partial charge in [0.25, 0.3) is 5.91 Å². The predicted octanol–water partition coefficient (Wildman–Crippen LogP) is 2.75. The first-order valence-electron chi connectivity index (χ1n) is 10.6. The van der Waals surface area contributed by atoms with Gasteiger partial charge in [0.2, 0.25) is 0 Å². The van der Waals surface area contributed by atoms with Crippen molar-refractivity contribution in [1.82, 2.24) is 5.32 Å². The Kier molecular flexibility index (Phi) is 7.10. The van der Waals surface area contributed by atoms with E-state index < -0.39 is 0 Å². The Bertz CT molecular complexity index is 753. The van der Waals surface area contributed by atoms with Gasteiger partial charge in [0.1, 0.15) is 0 Å². The van der Waals surface area contributed by atoms with Gasteiger partial charge in [-0.1, -0.05) is 61.9 Å². The van der Waals surface area contributed by atoms with Gasteiger partial charge in [0.05, 0.1) is 32.2 Å². The number of para-hydroxylation sites is 1. The Labute approximate surface area is 169 Å². The van der Waals surface area contributed by atoms with Crippen LogP contribution in [0.4, 0.5) is 5.69 Å². The second-order valence-electron chi connectivity index (χ2n) is 7.91. The van der Waals surface area contributed by atoms with Crippen LogP contribution in [0.25, 0.3) is 0 Å². The topological polar surface area (TPSA) is 36.8 Å². The minimum Gasteiger partial charge on any atom is -0.360 e. The molecule has 1 fully saturated rings. The van der Waals surface area contributed by atoms with Crippen molar-refractivity contribution in [2.75, 3.05) is 31.1 Å². The monoisotopic (exact) mass is 380 g/mol. The van der Waals surface area contributed by atoms with Crippen LogP contribution in [0.15, 0.2) is 54.6 Å². The molecule has 0 unspecified atom stereocenters. The summed E-state index contributed by atoms with van der Waals surface area (Å²) in [4.78, 5) is 16.8. The Morgan fingerprint density at radius 3 is 2.36 bits per heavy atom. The highest BCUT2D eigenvalue weighted by Gasteiger charge is 2.30. The Hall–Kier alpha value is -2.33. The zero-order valence-electron chi connectivity index (χ0n) is 17.4. The Balaban J connectivity index is 1.57. The van der Waals surface area contributed by atoms with Gasteiger partial charge in [0.15, 0.2) is 6.04 Å². The number of hydrogen-bond donors (Lipinski definition) is 2. The molecule has 1 amide bonds. The lowest BCUT2D eigenvalue weighted by atomic mass is 10.0. The number of anilines is 1. The summed E-state index contributed by atoms with van der Waals surface area (Å²) >= 11 is 0. The number of carbonyl (C=O) groups excluding carboxylic acids is 1. The molecular formula is C24H34N3O+. The fourth-order valence-electron chi connectivity index (χ4n) is 4.16. The van der Waals surface area contributed by atoms with Crippen LogP contribution in [0.5, 0.6) is 0 Å². The molecule has 1 heterocycles. The van der Waals surface area contributed by atoms with E-state index in [4.69, 9.17) is 0 Å². The molecule has 0 spiro atoms. The number of quaternary nitrogens is 1. The quantitative estimate of drug-likeness (QED) is 0.775. The molecule has 1 aliphatic rings. The first-order valence-corrected chi connectivity index (χ1v) is 10.6. The maximum atomic E-state index is 13.0. The van der Waals surface area contributed by atoms with Crippen molar-refractivity contribution in [3.05, 3.63) is 65.7 Å². The van der Waals surface area contributed by atoms with E-state index in [0.29, 0.717) is 0 Å². The third-order valence-corrected chi connectivity index (χ3v) is 5.96. The van der Waals surface area contributed by atoms with E-state index in [1.165, 1.54) is 21.7 Å². The summed E-state index contributed by atoms with van der Waals surface area (Å²) in [5.41, 5.74) is 3.84. The van der Waals surface area contributed by atoms with Gasteiger partial charge in [-0.2, -0.15) is 0 Å². The largest absolute Gasteiger partial charge is 0.360 e. The number of nitrogens with one attached hydrogen (secondary N) is 2. The molecule has 0 radical (unpaired) electrons. The summed E-state index contributed by atoms with van der Waals surface area (Å²) < 4.78 is 0. The first kappa shape index (κ1) is 20.4. The second-order valence-corrected chi connectivity index (χ2v) is 7.91. The van der Waals surface area contributed by atoms with E-state index in [0.717, 1.165) is 39.0 Å². The maximum absolute atomic E-state index is 13.0. The smallest absolute Gasteiger partial charge is 0.278 e. The average Bonchev–Trinajstić information content (AvgIpc) is 2.74. The fraction of sp³-hybridized carbons (Fsp3) is 0.458. The van der Waals surface area contributed by atoms with Crippen molar-refractivity contribution < 1.29 is 9.69 Å². The van der Waals surface area contributed by atoms with Gasteiger partial charge in [-0.05, 0) is 37.5 Å². The van der Waals surface area contributed by atoms with Gasteiger partial charge < -0.3 is 15.1 Å². The maximum Gasteiger partial charge on any atom is 0.278 e. The summed E-state index contributed by atoms with van der Waals surface area (Å²) in [6, 6.07) is 19.0. The van der Waals surface area contributed by atoms with Crippen molar-refractivity contribution in [2.45, 2.75) is 45.7 Å². The standard InChI is InChI=1S/C24H33N3O/c1-4-10-22(21-12-6-5-7-13-21)25-24(28)20(3)26-15-17-27(18-16-26)23-14-9-8-11-19(23)2/h5-9,11-14,20,22H,4,10,15-18H2,1-3H3,(H,25,28)/p+1/t20-,22+/m0/s1. The molecule has 0 aliphatic carbocycles. The Morgan fingerprint density at radius 1 is 1.07 bits per heavy atom. The van der Waals surface area contributed by atoms with Crippen molar-refractivity contribution in [3.8, 4) is 0 Å². The molecular weight excluding hydrogens is 346 g/mol. The molecule has 1 aliphatic heterocycles. The third-order valence-electron chi connectivity index (χ3n) is 5.96. The van der Waals surface area contributed by atoms with E-state index >= 15 is 0 Å². The van der Waals surface area contributed by atoms with Gasteiger partial charge in [-0.3, -0.25) is 4.79 Å². The molecule has 0 saturated carbocycles. The van der Waals surface area contributed by atoms with Crippen LogP contribution in [0, 0.1) is 6.92 Å². The van der Waals surface area contributed by atoms with E-state index in [1.807, 2.05) is 18.2 Å². The van der Waals surface area contributed by atoms with Gasteiger partial charge >= 0.3 is 0 Å². The number of amides is 1. The zero-order valence-corrected chi connectivity index (χ0v) is 17.4. The molecule has 1 saturated heterocycles. The molecule has 0 bridgehead atoms. The molecule has 2 aromatic rings. The van der Waals surface area contributed by atoms with Crippen molar-refractivity contribution in [2.24, 2.45) is 0 Å². The van der Waals surface area contributed by atoms with Crippen molar-refractivity contribution >= 4 is 11.6 Å². The van der Waals surface area contributed by atoms with E-state index in [2.05, 4.69) is 67.4 Å². The SMILES string of the molecule is CCC[C@@H](NC(=O)[C@H](C)[NH+]1CCN(c2ccccc2C)CC1)c1ccccc1. The molecule has 4 nitrogen and oxygen atoms in total. The Morgan fingerprint density at radius 2 is 1.71 bits per heavy atom. The molecule has 2 aromatic carbocycles. The van der Waals surface area contributed by atoms with Crippen LogP contribution in [0.2, 0.25) is 0 Å². The highest BCUT2D eigenvalue weighted by Crippen LogP contribution is 2.19. The summed E-state index contributed by atoms with van der Waals surface area (Å²) in [7, 11) is 0. The first-order chi connectivity index (χ1) is 13.6. The molecule has 2 atom stereocenters. The molecule has 0 aromatic heterocycles. The lowest BCUT2D eigenvalue weighted by Gasteiger charge is -2.37. The number of hydrogen-bond acceptors (Lipinski definition) is 2. The highest BCUT2D eigenvalue weighted by atomic mass is 16.2. The minimum atomic E-state index is -0.0258. The number of benzene rings is 2. The number of rotatable bonds is 7. The number of piperazine rings is 1. The lowest BCUT2D eigenvalue weighted by Crippen LogP contribution is -3.19. The van der Waals surface area contributed by atoms with E-state index in [9.17, 15) is 4.79 Å². The molecule has 150 valence electrons. The fourth-order valence-corrected chi connectivity index (χ4v) is 4.16. The highest BCUT2D eigenvalue weighted by molar-refractivity contribution is 5.80. The van der Waals surface area contributed by atoms with E-state index in [-0.39, 0.29) is 18.0 Å². The van der Waals surface area contributed by atoms with Gasteiger partial charge in [-0.15, -0.1) is 0 Å². The van der Waals surface area contributed by atoms with Gasteiger partial charge in [0, 0.05) is 5.69 Å². The van der Waals surface area contributed by atoms with Crippen molar-refractivity contribution in [3.63, 3.8) is 0 Å². The number of nitrogens with zero attached hydrogens (tertiary/aromatic N) is 1. The molecule has 4 heteroatoms. The summed E-state index contributed by atoms with van der Waals surface area (Å²) in [5, 5.41) is 3.31. The van der Waals surface area contributed by atoms with Gasteiger partial charge in [-0.25, -0.2) is 0 Å². The van der Waals surface area contributed by atoms with E-state index in [1.54, 1.807) is 0 Å². The van der Waals surface area contributed by atoms with Crippen LogP contribution >= 0.6 is 0 Å². The minimum absolute atomic E-state index is 0.0258. The summed E-state index contributed by atoms with van der Waals surface area (Å²) in [6.07, 6.45) is 2.02. The average molecular weight is 381 g/mol. The second kappa shape index (κ2) is 9.74. The zero-order chi connectivity index (χ0) is 19.9. The van der Waals surface area contributed by atoms with Crippen LogP contribution in [-0.2, 0) is 4.79 Å². The number of carbonyl (C=O) groups is 1. The van der Waals surface area contributed by atoms with Crippen LogP contribution in [0.3, 0.4) is 0 Å². The van der Waals surface area contributed by atoms with Crippen LogP contribution < -0.4 is 15.1 Å². The lowest BCUT2D eigenvalue weighted by molar-refractivity contribution is -0.914. The predicted molar refractivity (Wildman–Crippen MR) is 116 cm³/mol. The summed E-state index contributed by atoms with van der Waals surface area (Å²) in [6.45, 7) is 10.4. The molecule has 28 heavy (non-hydrogen) atoms. The molecule has 2 N–H and O–H groups in total. The third kappa shape index (κ3) is 4.93. The van der Waals surface area contributed by atoms with Crippen molar-refractivity contribution in [1.29, 1.82) is 0 Å². The van der Waals surface area contributed by atoms with Crippen LogP contribution in [0.1, 0.15) is 43.9 Å². The normalized spacial score (nSPS) is 17.2. The summed E-state index contributed by atoms with van der Waals surface area (Å²) in [5.74, 6) is 0.168. The van der Waals surface area contributed by atoms with Crippen LogP contribution in [-0.4, -0.2) is 38.1 Å².